The van der Waals surface area contributed by atoms with Gasteiger partial charge in [-0.25, -0.2) is 9.69 Å². The molecule has 0 bridgehead atoms. The number of piperidine rings is 1. The van der Waals surface area contributed by atoms with E-state index in [1.54, 1.807) is 22.9 Å². The van der Waals surface area contributed by atoms with E-state index in [4.69, 9.17) is 38.8 Å². The van der Waals surface area contributed by atoms with Crippen molar-refractivity contribution in [1.29, 1.82) is 0 Å². The number of unbranched alkanes of at least 4 members (excludes halogenated alkanes) is 7. The minimum absolute atomic E-state index is 0.157. The Morgan fingerprint density at radius 2 is 1.62 bits per heavy atom. The summed E-state index contributed by atoms with van der Waals surface area (Å²) < 4.78 is 7.07. The third-order valence-corrected chi connectivity index (χ3v) is 8.84. The Morgan fingerprint density at radius 1 is 0.936 bits per heavy atom. The molecule has 1 aromatic heterocycles. The summed E-state index contributed by atoms with van der Waals surface area (Å²) in [6, 6.07) is 13.0. The van der Waals surface area contributed by atoms with Gasteiger partial charge in [0.15, 0.2) is 5.69 Å². The van der Waals surface area contributed by atoms with E-state index in [2.05, 4.69) is 17.3 Å². The number of benzene rings is 2. The van der Waals surface area contributed by atoms with Gasteiger partial charge in [-0.2, -0.15) is 5.10 Å². The van der Waals surface area contributed by atoms with Gasteiger partial charge in [0.2, 0.25) is 0 Å². The number of aromatic nitrogens is 2. The highest BCUT2D eigenvalue weighted by Gasteiger charge is 2.25. The minimum atomic E-state index is -0.248. The van der Waals surface area contributed by atoms with Gasteiger partial charge in [0.1, 0.15) is 6.61 Å². The largest absolute Gasteiger partial charge is 0.465 e. The maximum absolute atomic E-state index is 13.4. The molecule has 252 valence electrons. The number of hydrazine groups is 1. The first-order valence-electron chi connectivity index (χ1n) is 16.9. The molecule has 2 aromatic carbocycles. The van der Waals surface area contributed by atoms with Gasteiger partial charge >= 0.3 is 5.97 Å². The summed E-state index contributed by atoms with van der Waals surface area (Å²) in [5.41, 5.74) is 12.7. The highest BCUT2D eigenvalue weighted by atomic mass is 35.5. The Morgan fingerprint density at radius 3 is 2.30 bits per heavy atom. The monoisotopic (exact) mass is 679 g/mol. The van der Waals surface area contributed by atoms with E-state index in [1.807, 2.05) is 36.2 Å². The van der Waals surface area contributed by atoms with Crippen molar-refractivity contribution in [3.63, 3.8) is 0 Å². The molecule has 0 radical (unpaired) electrons. The highest BCUT2D eigenvalue weighted by Crippen LogP contribution is 2.33. The van der Waals surface area contributed by atoms with Crippen LogP contribution < -0.4 is 11.2 Å². The van der Waals surface area contributed by atoms with Gasteiger partial charge in [0.25, 0.3) is 5.91 Å². The molecular weight excluding hydrogens is 633 g/mol. The second-order valence-corrected chi connectivity index (χ2v) is 12.9. The molecule has 0 saturated carbocycles. The molecule has 1 fully saturated rings. The fourth-order valence-corrected chi connectivity index (χ4v) is 6.21. The van der Waals surface area contributed by atoms with E-state index in [0.717, 1.165) is 80.5 Å². The topological polar surface area (TPSA) is 102 Å². The predicted molar refractivity (Wildman–Crippen MR) is 190 cm³/mol. The number of ether oxygens (including phenoxy) is 1. The molecule has 0 aliphatic carbocycles. The zero-order chi connectivity index (χ0) is 33.4. The zero-order valence-electron chi connectivity index (χ0n) is 27.5. The maximum atomic E-state index is 13.4. The van der Waals surface area contributed by atoms with Gasteiger partial charge in [0, 0.05) is 47.6 Å². The number of nitrogens with zero attached hydrogens (tertiary/aromatic N) is 3. The molecule has 0 atom stereocenters. The number of halogens is 2. The second kappa shape index (κ2) is 19.5. The smallest absolute Gasteiger partial charge is 0.305 e. The van der Waals surface area contributed by atoms with Gasteiger partial charge in [-0.1, -0.05) is 92.1 Å². The van der Waals surface area contributed by atoms with E-state index in [1.165, 1.54) is 32.1 Å². The molecule has 1 aliphatic rings. The maximum Gasteiger partial charge on any atom is 0.305 e. The standard InChI is InChI=1S/C37H47Cl2N5O3/c1-28-35(37(46)42-43-24-12-8-13-25-43)41-44(33-22-21-31(38)27-32(33)39)36(28)30-19-17-29(18-20-30)15-10-14-26-47-34(45)16-9-6-4-2-3-5-7-11-23-40/h17-22,27H,2-9,11-14,16,23-26,40H2,1H3,(H,42,46). The van der Waals surface area contributed by atoms with Crippen LogP contribution in [0, 0.1) is 18.8 Å². The Kier molecular flexibility index (Phi) is 15.1. The molecule has 3 aromatic rings. The average molecular weight is 681 g/mol. The number of amides is 1. The van der Waals surface area contributed by atoms with E-state index in [0.29, 0.717) is 34.3 Å². The number of hydrogen-bond acceptors (Lipinski definition) is 6. The SMILES string of the molecule is Cc1c(C(=O)NN2CCCCC2)nn(-c2ccc(Cl)cc2Cl)c1-c1ccc(C#CCCOC(=O)CCCCCCCCCCN)cc1. The van der Waals surface area contributed by atoms with Crippen LogP contribution in [0.5, 0.6) is 0 Å². The summed E-state index contributed by atoms with van der Waals surface area (Å²) in [5, 5.41) is 7.64. The van der Waals surface area contributed by atoms with Gasteiger partial charge < -0.3 is 10.5 Å². The number of nitrogens with one attached hydrogen (secondary N) is 1. The van der Waals surface area contributed by atoms with Crippen LogP contribution in [0.1, 0.15) is 105 Å². The van der Waals surface area contributed by atoms with Crippen LogP contribution in [0.3, 0.4) is 0 Å². The molecule has 0 unspecified atom stereocenters. The minimum Gasteiger partial charge on any atom is -0.465 e. The summed E-state index contributed by atoms with van der Waals surface area (Å²) in [4.78, 5) is 25.4. The van der Waals surface area contributed by atoms with Crippen molar-refractivity contribution in [1.82, 2.24) is 20.2 Å². The summed E-state index contributed by atoms with van der Waals surface area (Å²) in [5.74, 6) is 5.85. The van der Waals surface area contributed by atoms with E-state index < -0.39 is 0 Å². The average Bonchev–Trinajstić information content (AvgIpc) is 3.41. The Hall–Kier alpha value is -3.35. The Bertz CT molecular complexity index is 1520. The number of carbonyl (C=O) groups excluding carboxylic acids is 2. The van der Waals surface area contributed by atoms with Crippen molar-refractivity contribution < 1.29 is 14.3 Å². The lowest BCUT2D eigenvalue weighted by Gasteiger charge is -2.26. The quantitative estimate of drug-likeness (QED) is 0.0903. The van der Waals surface area contributed by atoms with Crippen LogP contribution in [0.4, 0.5) is 0 Å². The van der Waals surface area contributed by atoms with Crippen molar-refractivity contribution in [2.24, 2.45) is 5.73 Å². The summed E-state index contributed by atoms with van der Waals surface area (Å²) in [7, 11) is 0. The van der Waals surface area contributed by atoms with Crippen LogP contribution >= 0.6 is 23.2 Å². The van der Waals surface area contributed by atoms with Crippen molar-refractivity contribution in [3.05, 3.63) is 69.3 Å². The van der Waals surface area contributed by atoms with E-state index in [-0.39, 0.29) is 18.5 Å². The molecule has 3 N–H and O–H groups in total. The van der Waals surface area contributed by atoms with Crippen molar-refractivity contribution in [2.75, 3.05) is 26.2 Å². The van der Waals surface area contributed by atoms with Gasteiger partial charge in [-0.05, 0) is 69.5 Å². The van der Waals surface area contributed by atoms with E-state index >= 15 is 0 Å². The molecule has 0 spiro atoms. The lowest BCUT2D eigenvalue weighted by Crippen LogP contribution is -2.45. The first-order valence-corrected chi connectivity index (χ1v) is 17.7. The number of nitrogens with two attached hydrogens (primary N) is 1. The predicted octanol–water partition coefficient (Wildman–Crippen LogP) is 8.04. The van der Waals surface area contributed by atoms with Crippen LogP contribution in [-0.2, 0) is 9.53 Å². The molecule has 1 amide bonds. The van der Waals surface area contributed by atoms with Gasteiger partial charge in [-0.15, -0.1) is 0 Å². The Labute approximate surface area is 289 Å². The molecule has 2 heterocycles. The molecule has 47 heavy (non-hydrogen) atoms. The zero-order valence-corrected chi connectivity index (χ0v) is 29.0. The Balaban J connectivity index is 1.34. The fraction of sp³-hybridized carbons (Fsp3) is 0.486. The number of esters is 1. The molecule has 8 nitrogen and oxygen atoms in total. The van der Waals surface area contributed by atoms with Crippen molar-refractivity contribution >= 4 is 35.1 Å². The fourth-order valence-electron chi connectivity index (χ4n) is 5.72. The van der Waals surface area contributed by atoms with E-state index in [9.17, 15) is 9.59 Å². The van der Waals surface area contributed by atoms with Crippen LogP contribution in [0.15, 0.2) is 42.5 Å². The third-order valence-electron chi connectivity index (χ3n) is 8.31. The van der Waals surface area contributed by atoms with Gasteiger partial charge in [-0.3, -0.25) is 15.0 Å². The summed E-state index contributed by atoms with van der Waals surface area (Å²) >= 11 is 12.8. The molecule has 4 rings (SSSR count). The third kappa shape index (κ3) is 11.4. The molecule has 10 heteroatoms. The summed E-state index contributed by atoms with van der Waals surface area (Å²) in [6.07, 6.45) is 13.3. The highest BCUT2D eigenvalue weighted by molar-refractivity contribution is 6.35. The lowest BCUT2D eigenvalue weighted by molar-refractivity contribution is -0.143. The van der Waals surface area contributed by atoms with Crippen LogP contribution in [-0.4, -0.2) is 52.9 Å². The molecular formula is C37H47Cl2N5O3. The molecule has 1 saturated heterocycles. The number of rotatable bonds is 16. The second-order valence-electron chi connectivity index (χ2n) is 12.0. The number of hydrogen-bond donors (Lipinski definition) is 2. The van der Waals surface area contributed by atoms with Crippen LogP contribution in [0.25, 0.3) is 16.9 Å². The first-order chi connectivity index (χ1) is 22.9. The normalized spacial score (nSPS) is 13.2. The molecule has 1 aliphatic heterocycles. The van der Waals surface area contributed by atoms with Crippen molar-refractivity contribution in [2.45, 2.75) is 90.4 Å². The van der Waals surface area contributed by atoms with Crippen molar-refractivity contribution in [3.8, 4) is 28.8 Å². The first kappa shape index (κ1) is 36.5. The number of carbonyl (C=O) groups is 2. The summed E-state index contributed by atoms with van der Waals surface area (Å²) in [6.45, 7) is 4.61. The lowest BCUT2D eigenvalue weighted by atomic mass is 10.0. The van der Waals surface area contributed by atoms with Gasteiger partial charge in [0.05, 0.1) is 16.4 Å². The van der Waals surface area contributed by atoms with Crippen LogP contribution in [0.2, 0.25) is 10.0 Å².